The molecule has 0 saturated carbocycles. The summed E-state index contributed by atoms with van der Waals surface area (Å²) < 4.78 is 0. The molecule has 0 aromatic heterocycles. The fraction of sp³-hybridized carbons (Fsp3) is 0.333. The third kappa shape index (κ3) is 6.43. The molecule has 0 fully saturated rings. The molecule has 1 aliphatic rings. The summed E-state index contributed by atoms with van der Waals surface area (Å²) in [5.41, 5.74) is 1.39. The number of thioether (sulfide) groups is 1. The smallest absolute Gasteiger partial charge is 0.255 e. The Morgan fingerprint density at radius 2 is 1.88 bits per heavy atom. The van der Waals surface area contributed by atoms with Gasteiger partial charge in [-0.3, -0.25) is 14.4 Å². The quantitative estimate of drug-likeness (QED) is 0.546. The van der Waals surface area contributed by atoms with Crippen LogP contribution in [0.5, 0.6) is 0 Å². The van der Waals surface area contributed by atoms with E-state index in [1.165, 1.54) is 16.8 Å². The third-order valence-electron chi connectivity index (χ3n) is 4.86. The molecule has 3 amide bonds. The van der Waals surface area contributed by atoms with Gasteiger partial charge in [0.1, 0.15) is 5.84 Å². The van der Waals surface area contributed by atoms with Crippen molar-refractivity contribution in [1.82, 2.24) is 5.32 Å². The molecule has 0 saturated heterocycles. The lowest BCUT2D eigenvalue weighted by Gasteiger charge is -2.15. The summed E-state index contributed by atoms with van der Waals surface area (Å²) in [6.45, 7) is 3.98. The molecule has 0 radical (unpaired) electrons. The van der Waals surface area contributed by atoms with E-state index in [2.05, 4.69) is 15.7 Å². The van der Waals surface area contributed by atoms with E-state index in [4.69, 9.17) is 0 Å². The zero-order valence-electron chi connectivity index (χ0n) is 18.3. The minimum Gasteiger partial charge on any atom is -0.326 e. The van der Waals surface area contributed by atoms with Gasteiger partial charge in [0.2, 0.25) is 11.8 Å². The fourth-order valence-corrected chi connectivity index (χ4v) is 4.20. The lowest BCUT2D eigenvalue weighted by atomic mass is 10.2. The highest BCUT2D eigenvalue weighted by molar-refractivity contribution is 8.00. The second-order valence-corrected chi connectivity index (χ2v) is 8.72. The maximum absolute atomic E-state index is 12.9. The molecule has 2 aromatic carbocycles. The molecule has 8 heteroatoms. The predicted octanol–water partition coefficient (Wildman–Crippen LogP) is 4.55. The number of carbonyl (C=O) groups is 3. The van der Waals surface area contributed by atoms with Gasteiger partial charge >= 0.3 is 0 Å². The van der Waals surface area contributed by atoms with Crippen molar-refractivity contribution in [3.63, 3.8) is 0 Å². The van der Waals surface area contributed by atoms with Crippen LogP contribution < -0.4 is 15.6 Å². The summed E-state index contributed by atoms with van der Waals surface area (Å²) in [6, 6.07) is 16.6. The van der Waals surface area contributed by atoms with E-state index >= 15 is 0 Å². The van der Waals surface area contributed by atoms with Gasteiger partial charge in [0.15, 0.2) is 0 Å². The van der Waals surface area contributed by atoms with Crippen LogP contribution in [0.4, 0.5) is 11.4 Å². The van der Waals surface area contributed by atoms with Crippen LogP contribution in [0.3, 0.4) is 0 Å². The molecule has 1 aliphatic heterocycles. The van der Waals surface area contributed by atoms with Crippen molar-refractivity contribution in [2.24, 2.45) is 5.10 Å². The average molecular weight is 453 g/mol. The van der Waals surface area contributed by atoms with E-state index in [0.717, 1.165) is 23.4 Å². The van der Waals surface area contributed by atoms with E-state index in [1.807, 2.05) is 56.3 Å². The van der Waals surface area contributed by atoms with E-state index in [-0.39, 0.29) is 29.4 Å². The first-order chi connectivity index (χ1) is 15.5. The molecule has 0 aliphatic carbocycles. The number of benzene rings is 2. The number of carbonyl (C=O) groups excluding carboxylic acids is 3. The van der Waals surface area contributed by atoms with Crippen LogP contribution in [0.25, 0.3) is 0 Å². The summed E-state index contributed by atoms with van der Waals surface area (Å²) in [6.07, 6.45) is 2.98. The predicted molar refractivity (Wildman–Crippen MR) is 129 cm³/mol. The standard InChI is InChI=1S/C24H28N4O3S/c1-3-5-14-22(29)25-17-10-9-13-19(15-17)32-20(4-2)24(31)26-21-16-23(30)28(27-21)18-11-7-6-8-12-18/h6-13,15,20H,3-5,14,16H2,1-2H3,(H,25,29)(H,26,27,31). The van der Waals surface area contributed by atoms with Gasteiger partial charge in [-0.2, -0.15) is 10.1 Å². The zero-order valence-corrected chi connectivity index (χ0v) is 19.2. The van der Waals surface area contributed by atoms with Crippen LogP contribution in [-0.4, -0.2) is 28.8 Å². The Labute approximate surface area is 192 Å². The van der Waals surface area contributed by atoms with E-state index < -0.39 is 0 Å². The Balaban J connectivity index is 1.61. The first-order valence-corrected chi connectivity index (χ1v) is 11.7. The molecule has 0 spiro atoms. The first kappa shape index (κ1) is 23.5. The number of anilines is 2. The second-order valence-electron chi connectivity index (χ2n) is 7.45. The number of amidine groups is 1. The SMILES string of the molecule is CCCCC(=O)Nc1cccc(SC(CC)C(=O)NC2=NN(c3ccccc3)C(=O)C2)c1. The highest BCUT2D eigenvalue weighted by atomic mass is 32.2. The molecule has 7 nitrogen and oxygen atoms in total. The van der Waals surface area contributed by atoms with E-state index in [0.29, 0.717) is 24.4 Å². The van der Waals surface area contributed by atoms with Crippen LogP contribution in [0.2, 0.25) is 0 Å². The monoisotopic (exact) mass is 452 g/mol. The van der Waals surface area contributed by atoms with Crippen molar-refractivity contribution in [3.8, 4) is 0 Å². The minimum atomic E-state index is -0.357. The summed E-state index contributed by atoms with van der Waals surface area (Å²) in [7, 11) is 0. The van der Waals surface area contributed by atoms with Crippen molar-refractivity contribution < 1.29 is 14.4 Å². The van der Waals surface area contributed by atoms with Crippen molar-refractivity contribution in [2.45, 2.75) is 56.1 Å². The van der Waals surface area contributed by atoms with Crippen molar-refractivity contribution in [2.75, 3.05) is 10.3 Å². The van der Waals surface area contributed by atoms with Crippen molar-refractivity contribution in [3.05, 3.63) is 54.6 Å². The van der Waals surface area contributed by atoms with Crippen LogP contribution in [-0.2, 0) is 14.4 Å². The van der Waals surface area contributed by atoms with Crippen LogP contribution in [0, 0.1) is 0 Å². The molecular weight excluding hydrogens is 424 g/mol. The number of hydrogen-bond donors (Lipinski definition) is 2. The summed E-state index contributed by atoms with van der Waals surface area (Å²) in [4.78, 5) is 38.0. The van der Waals surface area contributed by atoms with E-state index in [9.17, 15) is 14.4 Å². The number of para-hydroxylation sites is 1. The summed E-state index contributed by atoms with van der Waals surface area (Å²) >= 11 is 1.42. The van der Waals surface area contributed by atoms with Crippen LogP contribution in [0.15, 0.2) is 64.6 Å². The Morgan fingerprint density at radius 1 is 1.09 bits per heavy atom. The molecule has 2 N–H and O–H groups in total. The Bertz CT molecular complexity index is 994. The third-order valence-corrected chi connectivity index (χ3v) is 6.22. The molecule has 2 aromatic rings. The molecule has 1 unspecified atom stereocenters. The molecule has 3 rings (SSSR count). The Kier molecular flexibility index (Phi) is 8.44. The highest BCUT2D eigenvalue weighted by Crippen LogP contribution is 2.28. The largest absolute Gasteiger partial charge is 0.326 e. The van der Waals surface area contributed by atoms with Gasteiger partial charge in [0.05, 0.1) is 17.4 Å². The number of rotatable bonds is 9. The van der Waals surface area contributed by atoms with Gasteiger partial charge in [-0.1, -0.05) is 44.5 Å². The fourth-order valence-electron chi connectivity index (χ4n) is 3.19. The van der Waals surface area contributed by atoms with Gasteiger partial charge in [-0.25, -0.2) is 0 Å². The molecule has 0 bridgehead atoms. The Morgan fingerprint density at radius 3 is 2.59 bits per heavy atom. The molecule has 1 heterocycles. The number of hydrazone groups is 1. The maximum Gasteiger partial charge on any atom is 0.255 e. The van der Waals surface area contributed by atoms with Gasteiger partial charge in [0.25, 0.3) is 5.91 Å². The normalized spacial score (nSPS) is 14.1. The molecule has 32 heavy (non-hydrogen) atoms. The molecular formula is C24H28N4O3S. The number of hydrogen-bond acceptors (Lipinski definition) is 5. The first-order valence-electron chi connectivity index (χ1n) is 10.8. The van der Waals surface area contributed by atoms with Crippen LogP contribution in [0.1, 0.15) is 46.0 Å². The van der Waals surface area contributed by atoms with Gasteiger partial charge in [-0.05, 0) is 43.2 Å². The number of nitrogens with one attached hydrogen (secondary N) is 2. The summed E-state index contributed by atoms with van der Waals surface area (Å²) in [5.74, 6) is -0.0411. The van der Waals surface area contributed by atoms with Crippen molar-refractivity contribution in [1.29, 1.82) is 0 Å². The molecule has 1 atom stereocenters. The highest BCUT2D eigenvalue weighted by Gasteiger charge is 2.28. The van der Waals surface area contributed by atoms with E-state index in [1.54, 1.807) is 12.1 Å². The topological polar surface area (TPSA) is 90.9 Å². The summed E-state index contributed by atoms with van der Waals surface area (Å²) in [5, 5.41) is 11.0. The van der Waals surface area contributed by atoms with Gasteiger partial charge in [-0.15, -0.1) is 11.8 Å². The maximum atomic E-state index is 12.9. The van der Waals surface area contributed by atoms with Crippen LogP contribution >= 0.6 is 11.8 Å². The zero-order chi connectivity index (χ0) is 22.9. The second kappa shape index (κ2) is 11.5. The van der Waals surface area contributed by atoms with Gasteiger partial charge in [0, 0.05) is 17.0 Å². The van der Waals surface area contributed by atoms with Gasteiger partial charge < -0.3 is 10.6 Å². The molecule has 168 valence electrons. The number of amides is 3. The average Bonchev–Trinajstić information content (AvgIpc) is 3.16. The Hall–Kier alpha value is -3.13. The number of unbranched alkanes of at least 4 members (excludes halogenated alkanes) is 1. The minimum absolute atomic E-state index is 0.00864. The van der Waals surface area contributed by atoms with Crippen molar-refractivity contribution >= 4 is 46.7 Å². The number of nitrogens with zero attached hydrogens (tertiary/aromatic N) is 2. The lowest BCUT2D eigenvalue weighted by molar-refractivity contribution is -0.119. The lowest BCUT2D eigenvalue weighted by Crippen LogP contribution is -2.36.